The first kappa shape index (κ1) is 21.6. The molecule has 2 heterocycles. The van der Waals surface area contributed by atoms with Gasteiger partial charge in [0.05, 0.1) is 15.6 Å². The van der Waals surface area contributed by atoms with Crippen LogP contribution in [0.3, 0.4) is 0 Å². The Labute approximate surface area is 198 Å². The molecule has 1 aliphatic heterocycles. The van der Waals surface area contributed by atoms with Gasteiger partial charge in [-0.15, -0.1) is 0 Å². The van der Waals surface area contributed by atoms with Crippen molar-refractivity contribution in [2.75, 3.05) is 10.2 Å². The lowest BCUT2D eigenvalue weighted by Gasteiger charge is -2.15. The van der Waals surface area contributed by atoms with E-state index in [0.29, 0.717) is 47.7 Å². The summed E-state index contributed by atoms with van der Waals surface area (Å²) in [6, 6.07) is 15.5. The van der Waals surface area contributed by atoms with Gasteiger partial charge in [-0.05, 0) is 54.6 Å². The Morgan fingerprint density at radius 2 is 1.87 bits per heavy atom. The lowest BCUT2D eigenvalue weighted by Crippen LogP contribution is -2.27. The van der Waals surface area contributed by atoms with Crippen molar-refractivity contribution in [2.24, 2.45) is 0 Å². The number of hydrogen-bond donors (Lipinski definition) is 1. The second-order valence-electron chi connectivity index (χ2n) is 6.57. The molecule has 0 spiro atoms. The van der Waals surface area contributed by atoms with Crippen LogP contribution in [0.5, 0.6) is 0 Å². The number of nitrogens with one attached hydrogen (secondary N) is 1. The van der Waals surface area contributed by atoms with Crippen molar-refractivity contribution in [2.45, 2.75) is 6.92 Å². The normalized spacial score (nSPS) is 15.1. The number of carbonyl (C=O) groups is 2. The zero-order valence-electron chi connectivity index (χ0n) is 16.0. The number of thioether (sulfide) groups is 1. The lowest BCUT2D eigenvalue weighted by atomic mass is 10.2. The molecule has 1 saturated heterocycles. The molecule has 0 saturated carbocycles. The molecule has 2 amide bonds. The molecule has 2 aromatic carbocycles. The van der Waals surface area contributed by atoms with Crippen LogP contribution in [0.2, 0.25) is 10.0 Å². The Bertz CT molecular complexity index is 1240. The maximum absolute atomic E-state index is 13.0. The van der Waals surface area contributed by atoms with Crippen LogP contribution in [0.25, 0.3) is 17.4 Å². The largest absolute Gasteiger partial charge is 0.457 e. The standard InChI is InChI=1S/C22H14Cl2N2O3S2/c1-12(27)25-14-3-5-15(6-4-14)26-21(28)20(31-22(26)30)11-16-7-9-19(29-16)17-10-13(23)2-8-18(17)24/h2-11H,1H3,(H,25,27)/b20-11+. The molecular formula is C22H14Cl2N2O3S2. The number of amides is 2. The Morgan fingerprint density at radius 1 is 1.13 bits per heavy atom. The minimum Gasteiger partial charge on any atom is -0.457 e. The fourth-order valence-corrected chi connectivity index (χ4v) is 4.64. The number of benzene rings is 2. The summed E-state index contributed by atoms with van der Waals surface area (Å²) in [6.45, 7) is 1.43. The zero-order valence-corrected chi connectivity index (χ0v) is 19.2. The number of furan rings is 1. The van der Waals surface area contributed by atoms with E-state index in [1.165, 1.54) is 23.6 Å². The monoisotopic (exact) mass is 488 g/mol. The van der Waals surface area contributed by atoms with Gasteiger partial charge in [0.2, 0.25) is 5.91 Å². The number of hydrogen-bond acceptors (Lipinski definition) is 5. The third kappa shape index (κ3) is 4.70. The Hall–Kier alpha value is -2.58. The first-order valence-corrected chi connectivity index (χ1v) is 11.0. The average Bonchev–Trinajstić information content (AvgIpc) is 3.29. The number of halogens is 2. The minimum absolute atomic E-state index is 0.168. The van der Waals surface area contributed by atoms with Crippen LogP contribution in [0.1, 0.15) is 12.7 Å². The molecular weight excluding hydrogens is 475 g/mol. The Balaban J connectivity index is 1.57. The minimum atomic E-state index is -0.249. The van der Waals surface area contributed by atoms with Crippen molar-refractivity contribution < 1.29 is 14.0 Å². The van der Waals surface area contributed by atoms with Crippen molar-refractivity contribution >= 4 is 80.8 Å². The van der Waals surface area contributed by atoms with Gasteiger partial charge in [-0.25, -0.2) is 0 Å². The maximum Gasteiger partial charge on any atom is 0.270 e. The average molecular weight is 489 g/mol. The predicted molar refractivity (Wildman–Crippen MR) is 131 cm³/mol. The second kappa shape index (κ2) is 8.88. The molecule has 1 fully saturated rings. The Morgan fingerprint density at radius 3 is 2.58 bits per heavy atom. The number of thiocarbonyl (C=S) groups is 1. The molecule has 0 unspecified atom stereocenters. The van der Waals surface area contributed by atoms with Gasteiger partial charge in [0, 0.05) is 29.3 Å². The summed E-state index contributed by atoms with van der Waals surface area (Å²) in [5, 5.41) is 3.75. The fourth-order valence-electron chi connectivity index (χ4n) is 2.98. The molecule has 0 aliphatic carbocycles. The first-order valence-electron chi connectivity index (χ1n) is 9.03. The SMILES string of the molecule is CC(=O)Nc1ccc(N2C(=O)/C(=C\c3ccc(-c4cc(Cl)ccc4Cl)o3)SC2=S)cc1. The molecule has 1 N–H and O–H groups in total. The van der Waals surface area contributed by atoms with Crippen molar-refractivity contribution in [3.05, 3.63) is 75.3 Å². The van der Waals surface area contributed by atoms with Gasteiger partial charge < -0.3 is 9.73 Å². The smallest absolute Gasteiger partial charge is 0.270 e. The van der Waals surface area contributed by atoms with Crippen molar-refractivity contribution in [3.8, 4) is 11.3 Å². The molecule has 0 atom stereocenters. The molecule has 0 radical (unpaired) electrons. The molecule has 1 aliphatic rings. The summed E-state index contributed by atoms with van der Waals surface area (Å²) in [5.74, 6) is 0.620. The second-order valence-corrected chi connectivity index (χ2v) is 9.09. The molecule has 5 nitrogen and oxygen atoms in total. The van der Waals surface area contributed by atoms with E-state index in [2.05, 4.69) is 5.32 Å². The van der Waals surface area contributed by atoms with Gasteiger partial charge in [0.15, 0.2) is 4.32 Å². The van der Waals surface area contributed by atoms with Crippen LogP contribution in [0.4, 0.5) is 11.4 Å². The van der Waals surface area contributed by atoms with Crippen molar-refractivity contribution in [3.63, 3.8) is 0 Å². The highest BCUT2D eigenvalue weighted by atomic mass is 35.5. The summed E-state index contributed by atoms with van der Waals surface area (Å²) in [7, 11) is 0. The molecule has 9 heteroatoms. The van der Waals surface area contributed by atoms with E-state index < -0.39 is 0 Å². The van der Waals surface area contributed by atoms with Crippen LogP contribution in [0.15, 0.2) is 63.9 Å². The molecule has 0 bridgehead atoms. The van der Waals surface area contributed by atoms with E-state index in [9.17, 15) is 9.59 Å². The van der Waals surface area contributed by atoms with E-state index in [0.717, 1.165) is 0 Å². The van der Waals surface area contributed by atoms with Gasteiger partial charge in [0.1, 0.15) is 11.5 Å². The molecule has 156 valence electrons. The number of nitrogens with zero attached hydrogens (tertiary/aromatic N) is 1. The third-order valence-corrected chi connectivity index (χ3v) is 6.20. The van der Waals surface area contributed by atoms with Crippen LogP contribution < -0.4 is 10.2 Å². The van der Waals surface area contributed by atoms with E-state index >= 15 is 0 Å². The van der Waals surface area contributed by atoms with Crippen molar-refractivity contribution in [1.29, 1.82) is 0 Å². The maximum atomic E-state index is 13.0. The summed E-state index contributed by atoms with van der Waals surface area (Å²) in [6.07, 6.45) is 1.65. The van der Waals surface area contributed by atoms with Gasteiger partial charge >= 0.3 is 0 Å². The van der Waals surface area contributed by atoms with Gasteiger partial charge in [-0.2, -0.15) is 0 Å². The summed E-state index contributed by atoms with van der Waals surface area (Å²) in [4.78, 5) is 26.0. The number of rotatable bonds is 4. The molecule has 1 aromatic heterocycles. The van der Waals surface area contributed by atoms with Crippen LogP contribution in [-0.4, -0.2) is 16.1 Å². The van der Waals surface area contributed by atoms with Gasteiger partial charge in [0.25, 0.3) is 5.91 Å². The van der Waals surface area contributed by atoms with Crippen LogP contribution in [-0.2, 0) is 9.59 Å². The van der Waals surface area contributed by atoms with Gasteiger partial charge in [-0.1, -0.05) is 47.2 Å². The molecule has 4 rings (SSSR count). The summed E-state index contributed by atoms with van der Waals surface area (Å²) < 4.78 is 6.27. The number of carbonyl (C=O) groups excluding carboxylic acids is 2. The van der Waals surface area contributed by atoms with E-state index in [1.54, 1.807) is 60.7 Å². The third-order valence-electron chi connectivity index (χ3n) is 4.33. The van der Waals surface area contributed by atoms with E-state index in [1.807, 2.05) is 0 Å². The highest BCUT2D eigenvalue weighted by Crippen LogP contribution is 2.37. The van der Waals surface area contributed by atoms with E-state index in [4.69, 9.17) is 39.8 Å². The predicted octanol–water partition coefficient (Wildman–Crippen LogP) is 6.62. The zero-order chi connectivity index (χ0) is 22.1. The van der Waals surface area contributed by atoms with E-state index in [-0.39, 0.29) is 11.8 Å². The number of anilines is 2. The molecule has 31 heavy (non-hydrogen) atoms. The lowest BCUT2D eigenvalue weighted by molar-refractivity contribution is -0.114. The Kier molecular flexibility index (Phi) is 6.20. The summed E-state index contributed by atoms with van der Waals surface area (Å²) >= 11 is 18.9. The van der Waals surface area contributed by atoms with Crippen LogP contribution >= 0.6 is 47.2 Å². The fraction of sp³-hybridized carbons (Fsp3) is 0.0455. The highest BCUT2D eigenvalue weighted by molar-refractivity contribution is 8.27. The van der Waals surface area contributed by atoms with Gasteiger partial charge in [-0.3, -0.25) is 14.5 Å². The van der Waals surface area contributed by atoms with Crippen molar-refractivity contribution in [1.82, 2.24) is 0 Å². The highest BCUT2D eigenvalue weighted by Gasteiger charge is 2.33. The topological polar surface area (TPSA) is 62.6 Å². The quantitative estimate of drug-likeness (QED) is 0.330. The van der Waals surface area contributed by atoms with Crippen LogP contribution in [0, 0.1) is 0 Å². The molecule has 3 aromatic rings. The first-order chi connectivity index (χ1) is 14.8. The summed E-state index contributed by atoms with van der Waals surface area (Å²) in [5.41, 5.74) is 1.92.